The van der Waals surface area contributed by atoms with Crippen molar-refractivity contribution in [1.29, 1.82) is 0 Å². The molecule has 0 amide bonds. The molecule has 0 aromatic rings. The number of likely N-dealkylation sites (N-methyl/N-ethyl adjacent to an activating group) is 2. The van der Waals surface area contributed by atoms with E-state index in [1.54, 1.807) is 0 Å². The van der Waals surface area contributed by atoms with Gasteiger partial charge in [-0.1, -0.05) is 0 Å². The molecule has 0 aliphatic carbocycles. The van der Waals surface area contributed by atoms with Crippen molar-refractivity contribution in [3.8, 4) is 0 Å². The van der Waals surface area contributed by atoms with Gasteiger partial charge >= 0.3 is 0 Å². The lowest BCUT2D eigenvalue weighted by Gasteiger charge is -2.44. The summed E-state index contributed by atoms with van der Waals surface area (Å²) in [6.45, 7) is 4.33. The molecular weight excluding hydrogens is 152 g/mol. The normalized spacial score (nSPS) is 39.5. The maximum atomic E-state index is 5.74. The van der Waals surface area contributed by atoms with E-state index < -0.39 is 0 Å². The van der Waals surface area contributed by atoms with Crippen molar-refractivity contribution in [3.63, 3.8) is 0 Å². The fourth-order valence-electron chi connectivity index (χ4n) is 2.24. The third kappa shape index (κ3) is 1.49. The summed E-state index contributed by atoms with van der Waals surface area (Å²) in [5.74, 6) is 0. The van der Waals surface area contributed by atoms with Gasteiger partial charge in [0, 0.05) is 19.1 Å². The zero-order valence-corrected chi connectivity index (χ0v) is 7.99. The molecule has 0 radical (unpaired) electrons. The van der Waals surface area contributed by atoms with Gasteiger partial charge < -0.3 is 9.64 Å². The summed E-state index contributed by atoms with van der Waals surface area (Å²) in [4.78, 5) is 4.81. The molecule has 2 fully saturated rings. The monoisotopic (exact) mass is 170 g/mol. The molecule has 0 aromatic heterocycles. The van der Waals surface area contributed by atoms with Gasteiger partial charge in [0.15, 0.2) is 0 Å². The second-order valence-electron chi connectivity index (χ2n) is 4.01. The van der Waals surface area contributed by atoms with Crippen LogP contribution in [-0.2, 0) is 4.74 Å². The number of piperidine rings is 1. The molecule has 2 aliphatic rings. The Morgan fingerprint density at radius 1 is 1.25 bits per heavy atom. The lowest BCUT2D eigenvalue weighted by Crippen LogP contribution is -2.57. The highest BCUT2D eigenvalue weighted by Crippen LogP contribution is 2.20. The molecule has 12 heavy (non-hydrogen) atoms. The lowest BCUT2D eigenvalue weighted by molar-refractivity contribution is -0.0923. The van der Waals surface area contributed by atoms with E-state index in [-0.39, 0.29) is 0 Å². The number of rotatable bonds is 0. The van der Waals surface area contributed by atoms with Gasteiger partial charge in [-0.15, -0.1) is 0 Å². The third-order valence-electron chi connectivity index (χ3n) is 3.07. The maximum absolute atomic E-state index is 5.74. The summed E-state index contributed by atoms with van der Waals surface area (Å²) in [6, 6.07) is 0.676. The number of likely N-dealkylation sites (tertiary alicyclic amines) is 1. The Kier molecular flexibility index (Phi) is 2.35. The van der Waals surface area contributed by atoms with Crippen LogP contribution in [0.15, 0.2) is 0 Å². The van der Waals surface area contributed by atoms with Crippen LogP contribution in [0.5, 0.6) is 0 Å². The van der Waals surface area contributed by atoms with E-state index in [4.69, 9.17) is 4.74 Å². The van der Waals surface area contributed by atoms with E-state index in [0.717, 1.165) is 19.7 Å². The summed E-state index contributed by atoms with van der Waals surface area (Å²) >= 11 is 0. The summed E-state index contributed by atoms with van der Waals surface area (Å²) in [5, 5.41) is 0. The van der Waals surface area contributed by atoms with E-state index in [0.29, 0.717) is 12.1 Å². The highest BCUT2D eigenvalue weighted by Gasteiger charge is 2.33. The molecular formula is C9H18N2O. The first-order valence-corrected chi connectivity index (χ1v) is 4.78. The molecule has 2 heterocycles. The van der Waals surface area contributed by atoms with Crippen LogP contribution in [0.1, 0.15) is 6.42 Å². The van der Waals surface area contributed by atoms with Crippen LogP contribution in [0.4, 0.5) is 0 Å². The fourth-order valence-corrected chi connectivity index (χ4v) is 2.24. The van der Waals surface area contributed by atoms with Crippen molar-refractivity contribution in [2.45, 2.75) is 18.6 Å². The average Bonchev–Trinajstić information content (AvgIpc) is 2.04. The van der Waals surface area contributed by atoms with Crippen molar-refractivity contribution in [2.24, 2.45) is 0 Å². The predicted molar refractivity (Wildman–Crippen MR) is 48.3 cm³/mol. The minimum Gasteiger partial charge on any atom is -0.374 e. The largest absolute Gasteiger partial charge is 0.374 e. The van der Waals surface area contributed by atoms with Crippen LogP contribution in [0.3, 0.4) is 0 Å². The van der Waals surface area contributed by atoms with Crippen LogP contribution < -0.4 is 0 Å². The number of ether oxygens (including phenoxy) is 1. The molecule has 0 N–H and O–H groups in total. The zero-order valence-electron chi connectivity index (χ0n) is 7.99. The van der Waals surface area contributed by atoms with Crippen LogP contribution in [-0.4, -0.2) is 62.3 Å². The zero-order chi connectivity index (χ0) is 8.55. The van der Waals surface area contributed by atoms with E-state index >= 15 is 0 Å². The number of hydrogen-bond acceptors (Lipinski definition) is 3. The van der Waals surface area contributed by atoms with Gasteiger partial charge in [-0.25, -0.2) is 0 Å². The van der Waals surface area contributed by atoms with Crippen molar-refractivity contribution in [3.05, 3.63) is 0 Å². The molecule has 2 aliphatic heterocycles. The fraction of sp³-hybridized carbons (Fsp3) is 1.00. The SMILES string of the molecule is CN1CCC2C(C1)OCCN2C. The van der Waals surface area contributed by atoms with Gasteiger partial charge in [-0.05, 0) is 27.1 Å². The third-order valence-corrected chi connectivity index (χ3v) is 3.07. The molecule has 0 aromatic carbocycles. The van der Waals surface area contributed by atoms with Crippen LogP contribution in [0.2, 0.25) is 0 Å². The van der Waals surface area contributed by atoms with Crippen molar-refractivity contribution >= 4 is 0 Å². The molecule has 3 nitrogen and oxygen atoms in total. The molecule has 2 saturated heterocycles. The van der Waals surface area contributed by atoms with Crippen LogP contribution in [0, 0.1) is 0 Å². The summed E-state index contributed by atoms with van der Waals surface area (Å²) in [7, 11) is 4.39. The Bertz CT molecular complexity index is 163. The van der Waals surface area contributed by atoms with Crippen molar-refractivity contribution in [2.75, 3.05) is 40.3 Å². The number of hydrogen-bond donors (Lipinski definition) is 0. The first-order chi connectivity index (χ1) is 5.77. The average molecular weight is 170 g/mol. The first-order valence-electron chi connectivity index (χ1n) is 4.78. The van der Waals surface area contributed by atoms with Gasteiger partial charge in [0.2, 0.25) is 0 Å². The van der Waals surface area contributed by atoms with E-state index in [1.165, 1.54) is 13.0 Å². The summed E-state index contributed by atoms with van der Waals surface area (Å²) in [6.07, 6.45) is 1.72. The molecule has 0 saturated carbocycles. The second-order valence-corrected chi connectivity index (χ2v) is 4.01. The van der Waals surface area contributed by atoms with Crippen molar-refractivity contribution < 1.29 is 4.74 Å². The smallest absolute Gasteiger partial charge is 0.0857 e. The Hall–Kier alpha value is -0.120. The summed E-state index contributed by atoms with van der Waals surface area (Å²) < 4.78 is 5.74. The standard InChI is InChI=1S/C9H18N2O/c1-10-4-3-8-9(7-10)12-6-5-11(8)2/h8-9H,3-7H2,1-2H3. The molecule has 2 atom stereocenters. The number of fused-ring (bicyclic) bond motifs is 1. The van der Waals surface area contributed by atoms with Gasteiger partial charge in [0.05, 0.1) is 12.7 Å². The molecule has 0 spiro atoms. The van der Waals surface area contributed by atoms with Gasteiger partial charge in [-0.2, -0.15) is 0 Å². The highest BCUT2D eigenvalue weighted by molar-refractivity contribution is 4.88. The molecule has 2 rings (SSSR count). The van der Waals surface area contributed by atoms with Crippen LogP contribution >= 0.6 is 0 Å². The Morgan fingerprint density at radius 2 is 2.08 bits per heavy atom. The molecule has 0 bridgehead atoms. The Labute approximate surface area is 74.3 Å². The van der Waals surface area contributed by atoms with Gasteiger partial charge in [0.25, 0.3) is 0 Å². The Morgan fingerprint density at radius 3 is 2.92 bits per heavy atom. The minimum absolute atomic E-state index is 0.461. The van der Waals surface area contributed by atoms with Gasteiger partial charge in [-0.3, -0.25) is 4.90 Å². The second kappa shape index (κ2) is 3.32. The lowest BCUT2D eigenvalue weighted by atomic mass is 9.99. The number of nitrogens with zero attached hydrogens (tertiary/aromatic N) is 2. The van der Waals surface area contributed by atoms with Crippen LogP contribution in [0.25, 0.3) is 0 Å². The van der Waals surface area contributed by atoms with E-state index in [9.17, 15) is 0 Å². The highest BCUT2D eigenvalue weighted by atomic mass is 16.5. The Balaban J connectivity index is 1.99. The van der Waals surface area contributed by atoms with E-state index in [1.807, 2.05) is 0 Å². The summed E-state index contributed by atoms with van der Waals surface area (Å²) in [5.41, 5.74) is 0. The minimum atomic E-state index is 0.461. The van der Waals surface area contributed by atoms with Gasteiger partial charge in [0.1, 0.15) is 0 Å². The molecule has 3 heteroatoms. The topological polar surface area (TPSA) is 15.7 Å². The first kappa shape index (κ1) is 8.48. The van der Waals surface area contributed by atoms with Crippen molar-refractivity contribution in [1.82, 2.24) is 9.80 Å². The quantitative estimate of drug-likeness (QED) is 0.510. The molecule has 2 unspecified atom stereocenters. The molecule has 70 valence electrons. The number of morpholine rings is 1. The predicted octanol–water partition coefficient (Wildman–Crippen LogP) is 0.0211. The van der Waals surface area contributed by atoms with E-state index in [2.05, 4.69) is 23.9 Å². The maximum Gasteiger partial charge on any atom is 0.0857 e.